The van der Waals surface area contributed by atoms with Gasteiger partial charge in [0.2, 0.25) is 5.91 Å². The van der Waals surface area contributed by atoms with Gasteiger partial charge in [-0.1, -0.05) is 6.42 Å². The first-order valence-electron chi connectivity index (χ1n) is 9.74. The lowest BCUT2D eigenvalue weighted by Crippen LogP contribution is -2.52. The molecule has 2 saturated heterocycles. The number of likely N-dealkylation sites (tertiary alicyclic amines) is 1. The highest BCUT2D eigenvalue weighted by Gasteiger charge is 2.56. The zero-order chi connectivity index (χ0) is 19.9. The molecular weight excluding hydrogens is 406 g/mol. The third-order valence-corrected chi connectivity index (χ3v) is 6.55. The molecule has 29 heavy (non-hydrogen) atoms. The van der Waals surface area contributed by atoms with Gasteiger partial charge in [0.15, 0.2) is 0 Å². The maximum atomic E-state index is 13.2. The number of aliphatic carboxylic acids is 1. The molecule has 2 heterocycles. The number of fused-ring (bicyclic) bond motifs is 1. The number of carboxylic acids is 1. The molecule has 1 amide bonds. The average molecular weight is 431 g/mol. The molecule has 9 heteroatoms. The van der Waals surface area contributed by atoms with Gasteiger partial charge in [-0.05, 0) is 55.9 Å². The van der Waals surface area contributed by atoms with Crippen LogP contribution in [0, 0.1) is 11.3 Å². The second kappa shape index (κ2) is 8.44. The van der Waals surface area contributed by atoms with Crippen LogP contribution in [0.15, 0.2) is 24.3 Å². The van der Waals surface area contributed by atoms with E-state index in [9.17, 15) is 23.5 Å². The van der Waals surface area contributed by atoms with Gasteiger partial charge >= 0.3 is 12.6 Å². The van der Waals surface area contributed by atoms with E-state index in [0.29, 0.717) is 38.2 Å². The smallest absolute Gasteiger partial charge is 0.387 e. The van der Waals surface area contributed by atoms with Crippen molar-refractivity contribution in [3.8, 4) is 5.75 Å². The molecule has 160 valence electrons. The number of carboxylic acid groups (broad SMARTS) is 1. The Hall–Kier alpha value is -1.93. The molecule has 3 atom stereocenters. The van der Waals surface area contributed by atoms with Crippen molar-refractivity contribution in [1.29, 1.82) is 0 Å². The lowest BCUT2D eigenvalue weighted by molar-refractivity contribution is -0.149. The van der Waals surface area contributed by atoms with Gasteiger partial charge in [-0.3, -0.25) is 14.5 Å². The summed E-state index contributed by atoms with van der Waals surface area (Å²) in [6.45, 7) is -1.25. The van der Waals surface area contributed by atoms with Gasteiger partial charge in [-0.15, -0.1) is 12.4 Å². The van der Waals surface area contributed by atoms with Crippen LogP contribution in [0.3, 0.4) is 0 Å². The van der Waals surface area contributed by atoms with Gasteiger partial charge in [-0.2, -0.15) is 8.78 Å². The van der Waals surface area contributed by atoms with Crippen molar-refractivity contribution >= 4 is 30.0 Å². The van der Waals surface area contributed by atoms with Gasteiger partial charge in [0.25, 0.3) is 0 Å². The Morgan fingerprint density at radius 2 is 1.93 bits per heavy atom. The van der Waals surface area contributed by atoms with Crippen molar-refractivity contribution in [2.24, 2.45) is 11.3 Å². The summed E-state index contributed by atoms with van der Waals surface area (Å²) in [5.41, 5.74) is -0.0692. The van der Waals surface area contributed by atoms with Crippen molar-refractivity contribution < 1.29 is 28.2 Å². The van der Waals surface area contributed by atoms with Crippen LogP contribution in [0.1, 0.15) is 32.1 Å². The molecule has 0 radical (unpaired) electrons. The fraction of sp³-hybridized carbons (Fsp3) is 0.600. The van der Waals surface area contributed by atoms with Crippen LogP contribution >= 0.6 is 12.4 Å². The molecule has 0 bridgehead atoms. The van der Waals surface area contributed by atoms with Crippen molar-refractivity contribution in [2.75, 3.05) is 24.5 Å². The molecule has 1 unspecified atom stereocenters. The van der Waals surface area contributed by atoms with Crippen LogP contribution in [0.5, 0.6) is 5.75 Å². The first kappa shape index (κ1) is 21.8. The first-order valence-corrected chi connectivity index (χ1v) is 9.74. The van der Waals surface area contributed by atoms with Gasteiger partial charge in [0.1, 0.15) is 5.75 Å². The van der Waals surface area contributed by atoms with Crippen LogP contribution < -0.4 is 9.64 Å². The molecule has 0 spiro atoms. The summed E-state index contributed by atoms with van der Waals surface area (Å²) < 4.78 is 29.0. The Morgan fingerprint density at radius 3 is 2.55 bits per heavy atom. The van der Waals surface area contributed by atoms with Gasteiger partial charge < -0.3 is 14.7 Å². The Labute approximate surface area is 174 Å². The molecule has 1 N–H and O–H groups in total. The quantitative estimate of drug-likeness (QED) is 0.775. The van der Waals surface area contributed by atoms with Crippen molar-refractivity contribution in [3.05, 3.63) is 24.3 Å². The van der Waals surface area contributed by atoms with Crippen LogP contribution in [-0.2, 0) is 9.59 Å². The summed E-state index contributed by atoms with van der Waals surface area (Å²) >= 11 is 0. The van der Waals surface area contributed by atoms with Crippen molar-refractivity contribution in [3.63, 3.8) is 0 Å². The highest BCUT2D eigenvalue weighted by atomic mass is 35.5. The molecule has 4 rings (SSSR count). The first-order chi connectivity index (χ1) is 13.4. The zero-order valence-corrected chi connectivity index (χ0v) is 16.7. The van der Waals surface area contributed by atoms with E-state index in [1.807, 2.05) is 0 Å². The number of piperidine rings is 1. The van der Waals surface area contributed by atoms with E-state index in [4.69, 9.17) is 0 Å². The van der Waals surface area contributed by atoms with E-state index < -0.39 is 18.0 Å². The molecule has 6 nitrogen and oxygen atoms in total. The molecule has 0 aromatic heterocycles. The van der Waals surface area contributed by atoms with E-state index in [1.54, 1.807) is 17.0 Å². The number of halogens is 3. The molecule has 2 aliphatic heterocycles. The Kier molecular flexibility index (Phi) is 6.33. The average Bonchev–Trinajstić information content (AvgIpc) is 3.21. The van der Waals surface area contributed by atoms with E-state index in [-0.39, 0.29) is 36.0 Å². The number of amides is 1. The highest BCUT2D eigenvalue weighted by molar-refractivity contribution is 5.98. The summed E-state index contributed by atoms with van der Waals surface area (Å²) in [6.07, 6.45) is 4.04. The lowest BCUT2D eigenvalue weighted by Gasteiger charge is -2.37. The SMILES string of the molecule is Cl.O=C1C(N2C[C@@H]3CCC[C@@]3(C(=O)O)C2)CCCN1c1ccc(OC(F)F)cc1. The van der Waals surface area contributed by atoms with Crippen LogP contribution in [0.4, 0.5) is 14.5 Å². The minimum Gasteiger partial charge on any atom is -0.481 e. The number of rotatable bonds is 5. The van der Waals surface area contributed by atoms with E-state index in [2.05, 4.69) is 9.64 Å². The zero-order valence-electron chi connectivity index (χ0n) is 15.9. The predicted molar refractivity (Wildman–Crippen MR) is 105 cm³/mol. The number of benzene rings is 1. The van der Waals surface area contributed by atoms with Crippen LogP contribution in [0.25, 0.3) is 0 Å². The maximum Gasteiger partial charge on any atom is 0.387 e. The maximum absolute atomic E-state index is 13.2. The summed E-state index contributed by atoms with van der Waals surface area (Å²) in [7, 11) is 0. The molecule has 1 saturated carbocycles. The van der Waals surface area contributed by atoms with E-state index in [0.717, 1.165) is 19.3 Å². The number of hydrogen-bond acceptors (Lipinski definition) is 4. The van der Waals surface area contributed by atoms with E-state index >= 15 is 0 Å². The van der Waals surface area contributed by atoms with E-state index in [1.165, 1.54) is 12.1 Å². The Morgan fingerprint density at radius 1 is 1.21 bits per heavy atom. The fourth-order valence-corrected chi connectivity index (χ4v) is 5.17. The van der Waals surface area contributed by atoms with Gasteiger partial charge in [-0.25, -0.2) is 0 Å². The minimum absolute atomic E-state index is 0. The summed E-state index contributed by atoms with van der Waals surface area (Å²) in [6, 6.07) is 5.74. The number of hydrogen-bond donors (Lipinski definition) is 1. The summed E-state index contributed by atoms with van der Waals surface area (Å²) in [4.78, 5) is 28.8. The monoisotopic (exact) mass is 430 g/mol. The Balaban J connectivity index is 0.00000240. The predicted octanol–water partition coefficient (Wildman–Crippen LogP) is 3.39. The van der Waals surface area contributed by atoms with Crippen molar-refractivity contribution in [2.45, 2.75) is 44.8 Å². The normalized spacial score (nSPS) is 29.6. The Bertz CT molecular complexity index is 763. The summed E-state index contributed by atoms with van der Waals surface area (Å²) in [5, 5.41) is 9.79. The molecule has 3 fully saturated rings. The van der Waals surface area contributed by atoms with Gasteiger partial charge in [0.05, 0.1) is 11.5 Å². The fourth-order valence-electron chi connectivity index (χ4n) is 5.17. The molecular formula is C20H25ClF2N2O4. The second-order valence-corrected chi connectivity index (χ2v) is 8.00. The highest BCUT2D eigenvalue weighted by Crippen LogP contribution is 2.50. The van der Waals surface area contributed by atoms with Crippen LogP contribution in [0.2, 0.25) is 0 Å². The van der Waals surface area contributed by atoms with Crippen molar-refractivity contribution in [1.82, 2.24) is 4.90 Å². The largest absolute Gasteiger partial charge is 0.481 e. The number of carbonyl (C=O) groups is 2. The molecule has 1 aromatic rings. The standard InChI is InChI=1S/C20H24F2N2O4.ClH/c21-19(22)28-15-7-5-14(6-8-15)24-10-2-4-16(17(24)25)23-11-13-3-1-9-20(13,12-23)18(26)27;/h5-8,13,16,19H,1-4,9-12H2,(H,26,27);1H/t13-,16?,20+;/m0./s1. The number of anilines is 1. The molecule has 1 aliphatic carbocycles. The molecule has 1 aromatic carbocycles. The minimum atomic E-state index is -2.89. The van der Waals surface area contributed by atoms with Gasteiger partial charge in [0, 0.05) is 25.3 Å². The number of alkyl halides is 2. The topological polar surface area (TPSA) is 70.1 Å². The number of carbonyl (C=O) groups excluding carboxylic acids is 1. The lowest BCUT2D eigenvalue weighted by atomic mass is 9.81. The third-order valence-electron chi connectivity index (χ3n) is 6.55. The molecule has 3 aliphatic rings. The second-order valence-electron chi connectivity index (χ2n) is 8.00. The number of ether oxygens (including phenoxy) is 1. The van der Waals surface area contributed by atoms with Crippen LogP contribution in [-0.4, -0.2) is 54.2 Å². The third kappa shape index (κ3) is 3.92. The number of nitrogens with zero attached hydrogens (tertiary/aromatic N) is 2. The summed E-state index contributed by atoms with van der Waals surface area (Å²) in [5.74, 6) is -0.629.